The van der Waals surface area contributed by atoms with Gasteiger partial charge in [-0.05, 0) is 0 Å². The summed E-state index contributed by atoms with van der Waals surface area (Å²) in [6.45, 7) is 5.00. The molecule has 0 aromatic rings. The summed E-state index contributed by atoms with van der Waals surface area (Å²) in [7, 11) is 9.81. The molecule has 0 amide bonds. The zero-order chi connectivity index (χ0) is 4.71. The fourth-order valence-corrected chi connectivity index (χ4v) is 0. The molecule has 0 nitrogen and oxygen atoms in total. The van der Waals surface area contributed by atoms with Crippen LogP contribution >= 0.6 is 18.1 Å². The van der Waals surface area contributed by atoms with Gasteiger partial charge in [0.1, 0.15) is 0 Å². The monoisotopic (exact) mass is 123 g/mol. The van der Waals surface area contributed by atoms with Gasteiger partial charge in [-0.25, -0.2) is 0 Å². The quantitative estimate of drug-likeness (QED) is 0.432. The van der Waals surface area contributed by atoms with Gasteiger partial charge >= 0.3 is 18.2 Å². The number of hydrogen-bond acceptors (Lipinski definition) is 0. The van der Waals surface area contributed by atoms with E-state index in [1.54, 1.807) is 6.92 Å². The summed E-state index contributed by atoms with van der Waals surface area (Å²) in [6, 6.07) is 0. The molecule has 0 fully saturated rings. The van der Waals surface area contributed by atoms with Gasteiger partial charge in [-0.15, -0.1) is 0 Å². The van der Waals surface area contributed by atoms with E-state index < -0.39 is 18.2 Å². The normalized spacial score (nSPS) is 3.20. The lowest BCUT2D eigenvalue weighted by Gasteiger charge is -1.33. The zero-order valence-corrected chi connectivity index (χ0v) is 6.10. The lowest BCUT2D eigenvalue weighted by Crippen LogP contribution is -1.36. The van der Waals surface area contributed by atoms with E-state index in [4.69, 9.17) is 18.1 Å². The summed E-state index contributed by atoms with van der Waals surface area (Å²) in [4.78, 5) is 0. The Hall–Kier alpha value is 1.35. The predicted molar refractivity (Wildman–Crippen MR) is 28.5 cm³/mol. The minimum absolute atomic E-state index is 0.639. The molecule has 29 valence electrons. The fraction of sp³-hybridized carbons (Fsp3) is 0.500. The highest BCUT2D eigenvalue weighted by molar-refractivity contribution is 7.22. The molecule has 1 radical (unpaired) electrons. The van der Waals surface area contributed by atoms with E-state index in [1.807, 2.05) is 0 Å². The molecule has 0 N–H and O–H groups in total. The molecule has 0 saturated heterocycles. The predicted octanol–water partition coefficient (Wildman–Crippen LogP) is 1.84. The van der Waals surface area contributed by atoms with Crippen LogP contribution in [0, 0.1) is 6.92 Å². The summed E-state index contributed by atoms with van der Waals surface area (Å²) in [6.07, 6.45) is 0. The second kappa shape index (κ2) is 18.3. The SMILES string of the molecule is [CH2]C.[Cl][Mg][Cl]. The highest BCUT2D eigenvalue weighted by atomic mass is 35.6. The Morgan fingerprint density at radius 3 is 1.40 bits per heavy atom. The van der Waals surface area contributed by atoms with E-state index in [1.165, 1.54) is 0 Å². The maximum atomic E-state index is 4.90. The first-order valence-corrected chi connectivity index (χ1v) is 5.52. The van der Waals surface area contributed by atoms with Gasteiger partial charge in [0.25, 0.3) is 0 Å². The topological polar surface area (TPSA) is 0 Å². The second-order valence-electron chi connectivity index (χ2n) is 0.101. The summed E-state index contributed by atoms with van der Waals surface area (Å²) in [5.41, 5.74) is 0. The van der Waals surface area contributed by atoms with Crippen LogP contribution in [-0.2, 0) is 0 Å². The third-order valence-electron chi connectivity index (χ3n) is 0. The van der Waals surface area contributed by atoms with Gasteiger partial charge in [0.2, 0.25) is 0 Å². The summed E-state index contributed by atoms with van der Waals surface area (Å²) >= 11 is -0.639. The Kier molecular flexibility index (Phi) is 35.2. The molecule has 0 spiro atoms. The molecule has 0 rings (SSSR count). The van der Waals surface area contributed by atoms with Crippen LogP contribution in [-0.4, -0.2) is 18.2 Å². The lowest BCUT2D eigenvalue weighted by molar-refractivity contribution is 1.81. The van der Waals surface area contributed by atoms with Crippen LogP contribution in [0.3, 0.4) is 0 Å². The Morgan fingerprint density at radius 1 is 1.40 bits per heavy atom. The van der Waals surface area contributed by atoms with Crippen molar-refractivity contribution in [1.29, 1.82) is 0 Å². The van der Waals surface area contributed by atoms with Crippen LogP contribution in [0.25, 0.3) is 0 Å². The molecular weight excluding hydrogens is 119 g/mol. The number of hydrogen-bond donors (Lipinski definition) is 0. The summed E-state index contributed by atoms with van der Waals surface area (Å²) in [5.74, 6) is 0. The maximum absolute atomic E-state index is 4.90. The molecule has 0 unspecified atom stereocenters. The molecular formula is C2H5Cl2Mg. The van der Waals surface area contributed by atoms with Crippen molar-refractivity contribution in [3.05, 3.63) is 6.92 Å². The zero-order valence-electron chi connectivity index (χ0n) is 3.17. The molecule has 0 atom stereocenters. The van der Waals surface area contributed by atoms with Crippen LogP contribution in [0.2, 0.25) is 0 Å². The minimum Gasteiger partial charge on any atom is -0.309 e. The van der Waals surface area contributed by atoms with E-state index in [2.05, 4.69) is 6.92 Å². The van der Waals surface area contributed by atoms with Crippen LogP contribution in [0.4, 0.5) is 0 Å². The van der Waals surface area contributed by atoms with Crippen molar-refractivity contribution in [3.8, 4) is 0 Å². The van der Waals surface area contributed by atoms with Gasteiger partial charge in [-0.2, -0.15) is 0 Å². The Bertz CT molecular complexity index is 7.61. The van der Waals surface area contributed by atoms with Crippen LogP contribution in [0.1, 0.15) is 6.92 Å². The Balaban J connectivity index is 0. The van der Waals surface area contributed by atoms with Gasteiger partial charge in [-0.3, -0.25) is 0 Å². The van der Waals surface area contributed by atoms with Crippen molar-refractivity contribution in [2.45, 2.75) is 6.92 Å². The van der Waals surface area contributed by atoms with Crippen molar-refractivity contribution < 1.29 is 0 Å². The van der Waals surface area contributed by atoms with Crippen molar-refractivity contribution in [3.63, 3.8) is 0 Å². The van der Waals surface area contributed by atoms with Crippen molar-refractivity contribution >= 4 is 36.3 Å². The molecule has 0 aliphatic heterocycles. The number of rotatable bonds is 0. The van der Waals surface area contributed by atoms with Gasteiger partial charge in [-0.1, -0.05) is 13.8 Å². The van der Waals surface area contributed by atoms with E-state index in [9.17, 15) is 0 Å². The third kappa shape index (κ3) is 33.0. The van der Waals surface area contributed by atoms with Gasteiger partial charge < -0.3 is 18.1 Å². The molecule has 0 aliphatic rings. The Morgan fingerprint density at radius 2 is 1.40 bits per heavy atom. The van der Waals surface area contributed by atoms with Crippen molar-refractivity contribution in [2.75, 3.05) is 0 Å². The first-order chi connectivity index (χ1) is 2.41. The average Bonchev–Trinajstić information content (AvgIpc) is 1.46. The molecule has 0 aliphatic carbocycles. The molecule has 0 heterocycles. The molecule has 5 heavy (non-hydrogen) atoms. The first-order valence-electron chi connectivity index (χ1n) is 1.24. The minimum atomic E-state index is -0.639. The summed E-state index contributed by atoms with van der Waals surface area (Å²) in [5, 5.41) is 0. The van der Waals surface area contributed by atoms with Crippen LogP contribution < -0.4 is 0 Å². The fourth-order valence-electron chi connectivity index (χ4n) is 0. The molecule has 0 aromatic heterocycles. The standard InChI is InChI=1S/C2H5.2ClH.Mg/c1-2;;;/h1H2,2H3;2*1H;/q;;;+2/p-2. The second-order valence-corrected chi connectivity index (χ2v) is 2.73. The summed E-state index contributed by atoms with van der Waals surface area (Å²) < 4.78 is 0. The van der Waals surface area contributed by atoms with E-state index in [0.717, 1.165) is 0 Å². The number of halogens is 2. The van der Waals surface area contributed by atoms with Crippen molar-refractivity contribution in [1.82, 2.24) is 0 Å². The lowest BCUT2D eigenvalue weighted by atomic mass is 11.0. The van der Waals surface area contributed by atoms with Crippen LogP contribution in [0.5, 0.6) is 0 Å². The highest BCUT2D eigenvalue weighted by Gasteiger charge is 1.64. The van der Waals surface area contributed by atoms with E-state index in [0.29, 0.717) is 0 Å². The van der Waals surface area contributed by atoms with Gasteiger partial charge in [0, 0.05) is 0 Å². The van der Waals surface area contributed by atoms with Crippen molar-refractivity contribution in [2.24, 2.45) is 0 Å². The smallest absolute Gasteiger partial charge is 0.309 e. The average molecular weight is 124 g/mol. The molecule has 0 saturated carbocycles. The first kappa shape index (κ1) is 9.60. The molecule has 3 heteroatoms. The highest BCUT2D eigenvalue weighted by Crippen LogP contribution is 1.67. The van der Waals surface area contributed by atoms with E-state index in [-0.39, 0.29) is 0 Å². The largest absolute Gasteiger partial charge is 0.618 e. The third-order valence-corrected chi connectivity index (χ3v) is 0. The molecule has 0 aromatic carbocycles. The van der Waals surface area contributed by atoms with E-state index >= 15 is 0 Å². The Labute approximate surface area is 50.1 Å². The van der Waals surface area contributed by atoms with Gasteiger partial charge in [0.05, 0.1) is 0 Å². The van der Waals surface area contributed by atoms with Gasteiger partial charge in [0.15, 0.2) is 0 Å². The maximum Gasteiger partial charge on any atom is 0.618 e. The molecule has 0 bridgehead atoms. The van der Waals surface area contributed by atoms with Crippen LogP contribution in [0.15, 0.2) is 0 Å².